The van der Waals surface area contributed by atoms with Gasteiger partial charge in [0.2, 0.25) is 0 Å². The van der Waals surface area contributed by atoms with Crippen molar-refractivity contribution in [3.63, 3.8) is 0 Å². The van der Waals surface area contributed by atoms with Crippen LogP contribution in [0.3, 0.4) is 0 Å². The standard InChI is InChI=1S/C12H6Cl2F3N/c13-9-5-6-18-11(14)10(9)7-3-1-2-4-8(7)12(15,16)17/h1-6H. The fourth-order valence-electron chi connectivity index (χ4n) is 1.60. The van der Waals surface area contributed by atoms with Crippen molar-refractivity contribution in [2.45, 2.75) is 6.18 Å². The Labute approximate surface area is 111 Å². The summed E-state index contributed by atoms with van der Waals surface area (Å²) in [6.07, 6.45) is -3.14. The van der Waals surface area contributed by atoms with Gasteiger partial charge in [-0.2, -0.15) is 13.2 Å². The average molecular weight is 292 g/mol. The number of aromatic nitrogens is 1. The largest absolute Gasteiger partial charge is 0.417 e. The molecule has 0 aliphatic carbocycles. The van der Waals surface area contributed by atoms with Crippen LogP contribution >= 0.6 is 23.2 Å². The fourth-order valence-corrected chi connectivity index (χ4v) is 2.16. The van der Waals surface area contributed by atoms with Crippen LogP contribution in [0.15, 0.2) is 36.5 Å². The smallest absolute Gasteiger partial charge is 0.244 e. The van der Waals surface area contributed by atoms with Crippen LogP contribution in [0.25, 0.3) is 11.1 Å². The van der Waals surface area contributed by atoms with Gasteiger partial charge in [-0.25, -0.2) is 4.98 Å². The summed E-state index contributed by atoms with van der Waals surface area (Å²) in [5, 5.41) is 0.0749. The van der Waals surface area contributed by atoms with Gasteiger partial charge in [0.25, 0.3) is 0 Å². The van der Waals surface area contributed by atoms with Crippen LogP contribution in [0, 0.1) is 0 Å². The quantitative estimate of drug-likeness (QED) is 0.668. The highest BCUT2D eigenvalue weighted by molar-refractivity contribution is 6.38. The van der Waals surface area contributed by atoms with E-state index in [-0.39, 0.29) is 21.3 Å². The molecule has 0 aliphatic rings. The van der Waals surface area contributed by atoms with Crippen molar-refractivity contribution >= 4 is 23.2 Å². The molecule has 0 amide bonds. The van der Waals surface area contributed by atoms with Gasteiger partial charge in [-0.1, -0.05) is 41.4 Å². The lowest BCUT2D eigenvalue weighted by atomic mass is 10.0. The van der Waals surface area contributed by atoms with E-state index in [1.54, 1.807) is 0 Å². The molecule has 1 aromatic heterocycles. The topological polar surface area (TPSA) is 12.9 Å². The lowest BCUT2D eigenvalue weighted by Gasteiger charge is -2.14. The van der Waals surface area contributed by atoms with E-state index in [4.69, 9.17) is 23.2 Å². The van der Waals surface area contributed by atoms with Gasteiger partial charge in [-0.3, -0.25) is 0 Å². The molecule has 0 unspecified atom stereocenters. The van der Waals surface area contributed by atoms with Crippen LogP contribution in [0.5, 0.6) is 0 Å². The minimum atomic E-state index is -4.47. The second kappa shape index (κ2) is 4.78. The first-order chi connectivity index (χ1) is 8.41. The Kier molecular flexibility index (Phi) is 3.50. The van der Waals surface area contributed by atoms with Crippen molar-refractivity contribution in [2.75, 3.05) is 0 Å². The Morgan fingerprint density at radius 2 is 1.67 bits per heavy atom. The molecule has 2 aromatic rings. The number of hydrogen-bond donors (Lipinski definition) is 0. The number of benzene rings is 1. The maximum Gasteiger partial charge on any atom is 0.417 e. The molecular weight excluding hydrogens is 286 g/mol. The molecular formula is C12H6Cl2F3N. The summed E-state index contributed by atoms with van der Waals surface area (Å²) in [7, 11) is 0. The molecule has 6 heteroatoms. The van der Waals surface area contributed by atoms with Crippen LogP contribution in [0.2, 0.25) is 10.2 Å². The Morgan fingerprint density at radius 3 is 2.28 bits per heavy atom. The highest BCUT2D eigenvalue weighted by atomic mass is 35.5. The zero-order valence-corrected chi connectivity index (χ0v) is 10.3. The number of alkyl halides is 3. The number of pyridine rings is 1. The molecule has 94 valence electrons. The van der Waals surface area contributed by atoms with Gasteiger partial charge in [-0.05, 0) is 17.7 Å². The minimum absolute atomic E-state index is 0.0563. The maximum absolute atomic E-state index is 12.9. The molecule has 2 rings (SSSR count). The van der Waals surface area contributed by atoms with Gasteiger partial charge in [0.1, 0.15) is 5.15 Å². The minimum Gasteiger partial charge on any atom is -0.244 e. The maximum atomic E-state index is 12.9. The third-order valence-corrected chi connectivity index (χ3v) is 2.96. The molecule has 0 saturated heterocycles. The Morgan fingerprint density at radius 1 is 1.00 bits per heavy atom. The predicted molar refractivity (Wildman–Crippen MR) is 64.7 cm³/mol. The summed E-state index contributed by atoms with van der Waals surface area (Å²) in [5.41, 5.74) is -0.774. The van der Waals surface area contributed by atoms with E-state index in [1.165, 1.54) is 30.5 Å². The number of rotatable bonds is 1. The van der Waals surface area contributed by atoms with Crippen molar-refractivity contribution in [1.82, 2.24) is 4.98 Å². The predicted octanol–water partition coefficient (Wildman–Crippen LogP) is 5.07. The van der Waals surface area contributed by atoms with Crippen molar-refractivity contribution in [3.8, 4) is 11.1 Å². The fraction of sp³-hybridized carbons (Fsp3) is 0.0833. The van der Waals surface area contributed by atoms with E-state index in [0.29, 0.717) is 0 Å². The molecule has 0 fully saturated rings. The van der Waals surface area contributed by atoms with E-state index in [1.807, 2.05) is 0 Å². The van der Waals surface area contributed by atoms with Crippen LogP contribution in [0.1, 0.15) is 5.56 Å². The average Bonchev–Trinajstić information content (AvgIpc) is 2.28. The Bertz CT molecular complexity index is 562. The normalized spacial score (nSPS) is 11.6. The van der Waals surface area contributed by atoms with Crippen molar-refractivity contribution in [3.05, 3.63) is 52.3 Å². The van der Waals surface area contributed by atoms with E-state index in [9.17, 15) is 13.2 Å². The van der Waals surface area contributed by atoms with Gasteiger partial charge in [0, 0.05) is 11.8 Å². The van der Waals surface area contributed by atoms with Gasteiger partial charge in [0.05, 0.1) is 10.6 Å². The SMILES string of the molecule is FC(F)(F)c1ccccc1-c1c(Cl)ccnc1Cl. The van der Waals surface area contributed by atoms with Gasteiger partial charge < -0.3 is 0 Å². The molecule has 0 aliphatic heterocycles. The highest BCUT2D eigenvalue weighted by Gasteiger charge is 2.34. The lowest BCUT2D eigenvalue weighted by molar-refractivity contribution is -0.137. The first-order valence-electron chi connectivity index (χ1n) is 4.88. The first-order valence-corrected chi connectivity index (χ1v) is 5.63. The van der Waals surface area contributed by atoms with Gasteiger partial charge in [0.15, 0.2) is 0 Å². The summed E-state index contributed by atoms with van der Waals surface area (Å²) in [5.74, 6) is 0. The van der Waals surface area contributed by atoms with Crippen molar-refractivity contribution in [1.29, 1.82) is 0 Å². The molecule has 1 heterocycles. The molecule has 1 nitrogen and oxygen atoms in total. The molecule has 0 spiro atoms. The summed E-state index contributed by atoms with van der Waals surface area (Å²) >= 11 is 11.7. The Hall–Kier alpha value is -1.26. The summed E-state index contributed by atoms with van der Waals surface area (Å²) < 4.78 is 38.7. The third kappa shape index (κ3) is 2.44. The molecule has 0 saturated carbocycles. The highest BCUT2D eigenvalue weighted by Crippen LogP contribution is 2.41. The summed E-state index contributed by atoms with van der Waals surface area (Å²) in [6.45, 7) is 0. The lowest BCUT2D eigenvalue weighted by Crippen LogP contribution is -2.07. The van der Waals surface area contributed by atoms with Gasteiger partial charge >= 0.3 is 6.18 Å². The van der Waals surface area contributed by atoms with E-state index in [0.717, 1.165) is 6.07 Å². The van der Waals surface area contributed by atoms with Crippen molar-refractivity contribution < 1.29 is 13.2 Å². The van der Waals surface area contributed by atoms with E-state index < -0.39 is 11.7 Å². The molecule has 0 radical (unpaired) electrons. The van der Waals surface area contributed by atoms with Crippen LogP contribution in [-0.4, -0.2) is 4.98 Å². The molecule has 0 atom stereocenters. The summed E-state index contributed by atoms with van der Waals surface area (Å²) in [4.78, 5) is 3.75. The van der Waals surface area contributed by atoms with Crippen molar-refractivity contribution in [2.24, 2.45) is 0 Å². The molecule has 0 bridgehead atoms. The van der Waals surface area contributed by atoms with Gasteiger partial charge in [-0.15, -0.1) is 0 Å². The molecule has 1 aromatic carbocycles. The van der Waals surface area contributed by atoms with E-state index in [2.05, 4.69) is 4.98 Å². The zero-order chi connectivity index (χ0) is 13.3. The first kappa shape index (κ1) is 13.2. The van der Waals surface area contributed by atoms with Crippen LogP contribution < -0.4 is 0 Å². The third-order valence-electron chi connectivity index (χ3n) is 2.36. The molecule has 0 N–H and O–H groups in total. The number of hydrogen-bond acceptors (Lipinski definition) is 1. The van der Waals surface area contributed by atoms with E-state index >= 15 is 0 Å². The zero-order valence-electron chi connectivity index (χ0n) is 8.80. The monoisotopic (exact) mass is 291 g/mol. The number of halogens is 5. The second-order valence-corrected chi connectivity index (χ2v) is 4.27. The second-order valence-electron chi connectivity index (χ2n) is 3.50. The van der Waals surface area contributed by atoms with Crippen LogP contribution in [0.4, 0.5) is 13.2 Å². The number of nitrogens with zero attached hydrogens (tertiary/aromatic N) is 1. The molecule has 18 heavy (non-hydrogen) atoms. The Balaban J connectivity index is 2.73. The van der Waals surface area contributed by atoms with Crippen LogP contribution in [-0.2, 0) is 6.18 Å². The summed E-state index contributed by atoms with van der Waals surface area (Å²) in [6, 6.07) is 6.50.